The average molecular weight is 514 g/mol. The lowest BCUT2D eigenvalue weighted by atomic mass is 9.71. The fourth-order valence-electron chi connectivity index (χ4n) is 6.10. The minimum atomic E-state index is -3.11. The number of carbonyl (C=O) groups excluding carboxylic acids is 3. The smallest absolute Gasteiger partial charge is 0.271 e. The number of rotatable bonds is 6. The summed E-state index contributed by atoms with van der Waals surface area (Å²) in [6, 6.07) is 5.59. The molecule has 37 heavy (non-hydrogen) atoms. The van der Waals surface area contributed by atoms with E-state index in [0.717, 1.165) is 6.42 Å². The molecule has 1 saturated carbocycles. The lowest BCUT2D eigenvalue weighted by Crippen LogP contribution is -2.68. The lowest BCUT2D eigenvalue weighted by Gasteiger charge is -2.53. The largest absolute Gasteiger partial charge is 0.496 e. The molecule has 1 aromatic heterocycles. The number of nitrogens with one attached hydrogen (secondary N) is 3. The molecule has 4 fully saturated rings. The lowest BCUT2D eigenvalue weighted by molar-refractivity contribution is -0.179. The molecule has 11 heteroatoms. The van der Waals surface area contributed by atoms with Crippen LogP contribution in [0.25, 0.3) is 10.9 Å². The van der Waals surface area contributed by atoms with E-state index in [2.05, 4.69) is 15.6 Å². The molecule has 5 atom stereocenters. The zero-order valence-electron chi connectivity index (χ0n) is 20.4. The summed E-state index contributed by atoms with van der Waals surface area (Å²) >= 11 is 0. The molecule has 3 aliphatic heterocycles. The van der Waals surface area contributed by atoms with Crippen LogP contribution in [0.15, 0.2) is 24.3 Å². The number of nitriles is 1. The number of ether oxygens (including phenoxy) is 1. The number of benzene rings is 1. The van der Waals surface area contributed by atoms with Gasteiger partial charge in [0.1, 0.15) is 23.5 Å². The predicted molar refractivity (Wildman–Crippen MR) is 129 cm³/mol. The zero-order chi connectivity index (χ0) is 26.3. The Bertz CT molecular complexity index is 1270. The molecule has 6 rings (SSSR count). The second-order valence-electron chi connectivity index (χ2n) is 10.1. The Morgan fingerprint density at radius 1 is 1.32 bits per heavy atom. The molecular formula is C26H29F2N5O4. The van der Waals surface area contributed by atoms with E-state index in [4.69, 9.17) is 4.74 Å². The molecule has 0 spiro atoms. The van der Waals surface area contributed by atoms with Crippen molar-refractivity contribution in [1.29, 1.82) is 5.26 Å². The first-order chi connectivity index (χ1) is 17.7. The van der Waals surface area contributed by atoms with Gasteiger partial charge in [0.05, 0.1) is 19.1 Å². The third-order valence-corrected chi connectivity index (χ3v) is 7.90. The van der Waals surface area contributed by atoms with Crippen molar-refractivity contribution in [3.63, 3.8) is 0 Å². The monoisotopic (exact) mass is 513 g/mol. The second kappa shape index (κ2) is 9.65. The molecule has 0 radical (unpaired) electrons. The van der Waals surface area contributed by atoms with Gasteiger partial charge in [0.15, 0.2) is 0 Å². The van der Waals surface area contributed by atoms with Crippen LogP contribution in [0.2, 0.25) is 0 Å². The Labute approximate surface area is 212 Å². The number of H-pyrrole nitrogens is 1. The summed E-state index contributed by atoms with van der Waals surface area (Å²) in [7, 11) is 1.51. The highest BCUT2D eigenvalue weighted by Gasteiger charge is 2.60. The normalized spacial score (nSPS) is 27.3. The number of halogens is 2. The summed E-state index contributed by atoms with van der Waals surface area (Å²) in [6.07, 6.45) is 1.38. The summed E-state index contributed by atoms with van der Waals surface area (Å²) in [5, 5.41) is 15.6. The van der Waals surface area contributed by atoms with Gasteiger partial charge >= 0.3 is 0 Å². The molecule has 3 N–H and O–H groups in total. The van der Waals surface area contributed by atoms with Crippen molar-refractivity contribution >= 4 is 28.6 Å². The van der Waals surface area contributed by atoms with Crippen molar-refractivity contribution in [3.8, 4) is 11.8 Å². The van der Waals surface area contributed by atoms with Crippen LogP contribution < -0.4 is 15.4 Å². The van der Waals surface area contributed by atoms with Crippen LogP contribution in [0.1, 0.15) is 49.0 Å². The molecule has 4 heterocycles. The van der Waals surface area contributed by atoms with Gasteiger partial charge < -0.3 is 25.3 Å². The molecule has 9 nitrogen and oxygen atoms in total. The Balaban J connectivity index is 1.42. The van der Waals surface area contributed by atoms with E-state index in [-0.39, 0.29) is 24.4 Å². The number of carbonyl (C=O) groups is 3. The number of piperidine rings is 3. The topological polar surface area (TPSA) is 127 Å². The summed E-state index contributed by atoms with van der Waals surface area (Å²) in [6.45, 7) is 0.565. The van der Waals surface area contributed by atoms with Gasteiger partial charge in [-0.05, 0) is 50.3 Å². The molecule has 1 aliphatic carbocycles. The summed E-state index contributed by atoms with van der Waals surface area (Å²) in [4.78, 5) is 43.6. The molecule has 3 amide bonds. The third kappa shape index (κ3) is 4.49. The van der Waals surface area contributed by atoms with Crippen molar-refractivity contribution < 1.29 is 27.9 Å². The summed E-state index contributed by atoms with van der Waals surface area (Å²) in [5.41, 5.74) is 0.815. The van der Waals surface area contributed by atoms with Gasteiger partial charge in [-0.3, -0.25) is 14.4 Å². The van der Waals surface area contributed by atoms with E-state index in [1.807, 2.05) is 6.07 Å². The number of hydrogen-bond acceptors (Lipinski definition) is 5. The number of hydrogen-bond donors (Lipinski definition) is 3. The minimum absolute atomic E-state index is 0.0844. The maximum Gasteiger partial charge on any atom is 0.271 e. The van der Waals surface area contributed by atoms with Crippen LogP contribution in [0, 0.1) is 23.2 Å². The van der Waals surface area contributed by atoms with Crippen molar-refractivity contribution in [2.45, 2.75) is 62.6 Å². The van der Waals surface area contributed by atoms with Crippen LogP contribution >= 0.6 is 0 Å². The van der Waals surface area contributed by atoms with Gasteiger partial charge in [0.25, 0.3) is 11.8 Å². The molecular weight excluding hydrogens is 484 g/mol. The number of methoxy groups -OCH3 is 1. The van der Waals surface area contributed by atoms with E-state index < -0.39 is 54.1 Å². The number of aromatic nitrogens is 1. The molecule has 4 aliphatic rings. The van der Waals surface area contributed by atoms with Gasteiger partial charge in [0, 0.05) is 35.8 Å². The van der Waals surface area contributed by atoms with Crippen LogP contribution in [0.4, 0.5) is 8.78 Å². The van der Waals surface area contributed by atoms with Crippen LogP contribution in [-0.4, -0.2) is 65.3 Å². The van der Waals surface area contributed by atoms with E-state index in [1.54, 1.807) is 24.3 Å². The van der Waals surface area contributed by atoms with E-state index in [9.17, 15) is 28.4 Å². The number of alkyl halides is 2. The van der Waals surface area contributed by atoms with E-state index >= 15 is 0 Å². The minimum Gasteiger partial charge on any atom is -0.496 e. The van der Waals surface area contributed by atoms with Crippen molar-refractivity contribution in [2.75, 3.05) is 13.7 Å². The second-order valence-corrected chi connectivity index (χ2v) is 10.1. The maximum atomic E-state index is 15.0. The van der Waals surface area contributed by atoms with E-state index in [1.165, 1.54) is 12.0 Å². The molecule has 196 valence electrons. The first-order valence-electron chi connectivity index (χ1n) is 12.6. The number of amides is 3. The first-order valence-corrected chi connectivity index (χ1v) is 12.6. The Kier molecular flexibility index (Phi) is 6.52. The van der Waals surface area contributed by atoms with Crippen LogP contribution in [0.5, 0.6) is 5.75 Å². The van der Waals surface area contributed by atoms with Gasteiger partial charge in [-0.1, -0.05) is 6.07 Å². The third-order valence-electron chi connectivity index (χ3n) is 7.90. The Morgan fingerprint density at radius 3 is 2.84 bits per heavy atom. The molecule has 2 bridgehead atoms. The quantitative estimate of drug-likeness (QED) is 0.547. The SMILES string of the molecule is COc1cccc2[nH]c(C(=O)N3[C@@H]4CC[C@H]([C@H]3C(=O)N[C@H](C#N)C[C@@H]3CCCNC3=O)C(F)(F)C4)cc12. The molecule has 2 aromatic rings. The number of aromatic amines is 1. The standard InChI is InChI=1S/C26H29F2N5O4/c1-37-21-6-2-5-19-17(21)11-20(32-19)25(36)33-16-7-8-18(26(27,28)12-16)22(33)24(35)31-15(13-29)10-14-4-3-9-30-23(14)34/h2,5-6,11,14-16,18,22,32H,3-4,7-10,12H2,1H3,(H,30,34)(H,31,35)/t14-,15-,16+,18+,22-/m0/s1. The highest BCUT2D eigenvalue weighted by atomic mass is 19.3. The van der Waals surface area contributed by atoms with Crippen molar-refractivity contribution in [1.82, 2.24) is 20.5 Å². The summed E-state index contributed by atoms with van der Waals surface area (Å²) in [5.74, 6) is -5.90. The van der Waals surface area contributed by atoms with Gasteiger partial charge in [0.2, 0.25) is 11.8 Å². The highest BCUT2D eigenvalue weighted by Crippen LogP contribution is 2.49. The van der Waals surface area contributed by atoms with Crippen molar-refractivity contribution in [2.24, 2.45) is 11.8 Å². The Morgan fingerprint density at radius 2 is 2.14 bits per heavy atom. The number of fused-ring (bicyclic) bond motifs is 4. The van der Waals surface area contributed by atoms with Crippen molar-refractivity contribution in [3.05, 3.63) is 30.0 Å². The maximum absolute atomic E-state index is 15.0. The van der Waals surface area contributed by atoms with Gasteiger partial charge in [-0.25, -0.2) is 8.78 Å². The summed E-state index contributed by atoms with van der Waals surface area (Å²) < 4.78 is 35.4. The van der Waals surface area contributed by atoms with Crippen LogP contribution in [0.3, 0.4) is 0 Å². The number of nitrogens with zero attached hydrogens (tertiary/aromatic N) is 2. The van der Waals surface area contributed by atoms with Crippen LogP contribution in [-0.2, 0) is 9.59 Å². The molecule has 0 unspecified atom stereocenters. The predicted octanol–water partition coefficient (Wildman–Crippen LogP) is 2.73. The molecule has 3 saturated heterocycles. The fraction of sp³-hybridized carbons (Fsp3) is 0.538. The zero-order valence-corrected chi connectivity index (χ0v) is 20.4. The van der Waals surface area contributed by atoms with Gasteiger partial charge in [-0.2, -0.15) is 5.26 Å². The Hall–Kier alpha value is -3.68. The fourth-order valence-corrected chi connectivity index (χ4v) is 6.10. The van der Waals surface area contributed by atoms with E-state index in [0.29, 0.717) is 36.0 Å². The molecule has 1 aromatic carbocycles. The first kappa shape index (κ1) is 25.0. The average Bonchev–Trinajstić information content (AvgIpc) is 3.33. The van der Waals surface area contributed by atoms with Gasteiger partial charge in [-0.15, -0.1) is 0 Å². The highest BCUT2D eigenvalue weighted by molar-refractivity contribution is 6.02.